The van der Waals surface area contributed by atoms with E-state index in [4.69, 9.17) is 11.6 Å². The molecule has 0 aliphatic rings. The van der Waals surface area contributed by atoms with Gasteiger partial charge in [0.25, 0.3) is 0 Å². The fraction of sp³-hybridized carbons (Fsp3) is 0.294. The zero-order chi connectivity index (χ0) is 14.5. The number of hydrogen-bond acceptors (Lipinski definition) is 1. The zero-order valence-electron chi connectivity index (χ0n) is 11.8. The van der Waals surface area contributed by atoms with Crippen molar-refractivity contribution in [2.45, 2.75) is 26.3 Å². The Morgan fingerprint density at radius 1 is 1.15 bits per heavy atom. The van der Waals surface area contributed by atoms with Crippen LogP contribution in [0.4, 0.5) is 0 Å². The van der Waals surface area contributed by atoms with Crippen LogP contribution in [-0.2, 0) is 6.42 Å². The van der Waals surface area contributed by atoms with Gasteiger partial charge in [-0.25, -0.2) is 0 Å². The van der Waals surface area contributed by atoms with Crippen molar-refractivity contribution in [3.05, 3.63) is 68.7 Å². The number of hydrogen-bond donors (Lipinski definition) is 1. The smallest absolute Gasteiger partial charge is 0.0548 e. The van der Waals surface area contributed by atoms with Crippen LogP contribution in [0.1, 0.15) is 29.7 Å². The molecule has 1 nitrogen and oxygen atoms in total. The fourth-order valence-electron chi connectivity index (χ4n) is 2.24. The molecule has 0 radical (unpaired) electrons. The van der Waals surface area contributed by atoms with E-state index >= 15 is 0 Å². The Labute approximate surface area is 134 Å². The Kier molecular flexibility index (Phi) is 5.64. The van der Waals surface area contributed by atoms with Gasteiger partial charge in [-0.2, -0.15) is 0 Å². The quantitative estimate of drug-likeness (QED) is 0.769. The van der Waals surface area contributed by atoms with Gasteiger partial charge >= 0.3 is 0 Å². The van der Waals surface area contributed by atoms with E-state index in [0.717, 1.165) is 22.5 Å². The average molecular weight is 353 g/mol. The number of nitrogens with one attached hydrogen (secondary N) is 1. The Bertz CT molecular complexity index is 566. The van der Waals surface area contributed by atoms with Crippen LogP contribution < -0.4 is 5.32 Å². The summed E-state index contributed by atoms with van der Waals surface area (Å²) in [5, 5.41) is 4.29. The largest absolute Gasteiger partial charge is 0.310 e. The van der Waals surface area contributed by atoms with E-state index in [1.165, 1.54) is 16.7 Å². The lowest BCUT2D eigenvalue weighted by Gasteiger charge is -2.19. The number of likely N-dealkylation sites (N-methyl/N-ethyl adjacent to an activating group) is 1. The van der Waals surface area contributed by atoms with Gasteiger partial charge in [0.05, 0.1) is 5.02 Å². The molecule has 2 aromatic carbocycles. The molecule has 2 rings (SSSR count). The number of benzene rings is 2. The summed E-state index contributed by atoms with van der Waals surface area (Å²) in [7, 11) is 0. The third kappa shape index (κ3) is 4.08. The molecule has 0 aromatic heterocycles. The molecule has 0 fully saturated rings. The minimum atomic E-state index is 0.302. The van der Waals surface area contributed by atoms with Gasteiger partial charge in [0.1, 0.15) is 0 Å². The fourth-order valence-corrected chi connectivity index (χ4v) is 2.76. The minimum absolute atomic E-state index is 0.302. The second-order valence-corrected chi connectivity index (χ2v) is 6.24. The van der Waals surface area contributed by atoms with Crippen molar-refractivity contribution in [2.75, 3.05) is 6.54 Å². The summed E-state index contributed by atoms with van der Waals surface area (Å²) in [6.45, 7) is 5.19. The van der Waals surface area contributed by atoms with Crippen LogP contribution in [0.2, 0.25) is 5.02 Å². The van der Waals surface area contributed by atoms with E-state index in [0.29, 0.717) is 6.04 Å². The van der Waals surface area contributed by atoms with Crippen molar-refractivity contribution in [2.24, 2.45) is 0 Å². The molecule has 0 saturated carbocycles. The van der Waals surface area contributed by atoms with Crippen LogP contribution in [0.5, 0.6) is 0 Å². The van der Waals surface area contributed by atoms with Gasteiger partial charge in [-0.3, -0.25) is 0 Å². The molecule has 20 heavy (non-hydrogen) atoms. The summed E-state index contributed by atoms with van der Waals surface area (Å²) in [6.07, 6.45) is 0.974. The third-order valence-corrected chi connectivity index (χ3v) is 4.57. The standard InChI is InChI=1S/C17H19BrClN/c1-3-20-17(10-13-6-4-12(2)5-7-13)14-8-9-16(19)15(18)11-14/h4-9,11,17,20H,3,10H2,1-2H3. The molecule has 0 saturated heterocycles. The number of halogens is 2. The number of rotatable bonds is 5. The summed E-state index contributed by atoms with van der Waals surface area (Å²) in [4.78, 5) is 0. The first kappa shape index (κ1) is 15.6. The highest BCUT2D eigenvalue weighted by atomic mass is 79.9. The van der Waals surface area contributed by atoms with Gasteiger partial charge < -0.3 is 5.32 Å². The lowest BCUT2D eigenvalue weighted by Crippen LogP contribution is -2.23. The van der Waals surface area contributed by atoms with E-state index in [-0.39, 0.29) is 0 Å². The monoisotopic (exact) mass is 351 g/mol. The van der Waals surface area contributed by atoms with Crippen LogP contribution >= 0.6 is 27.5 Å². The summed E-state index contributed by atoms with van der Waals surface area (Å²) in [5.41, 5.74) is 3.89. The molecule has 0 heterocycles. The zero-order valence-corrected chi connectivity index (χ0v) is 14.1. The van der Waals surface area contributed by atoms with Crippen LogP contribution in [0.25, 0.3) is 0 Å². The maximum Gasteiger partial charge on any atom is 0.0548 e. The van der Waals surface area contributed by atoms with E-state index in [1.807, 2.05) is 6.07 Å². The second kappa shape index (κ2) is 7.26. The Morgan fingerprint density at radius 2 is 1.85 bits per heavy atom. The van der Waals surface area contributed by atoms with Crippen molar-refractivity contribution >= 4 is 27.5 Å². The molecule has 0 spiro atoms. The number of aryl methyl sites for hydroxylation is 1. The maximum atomic E-state index is 6.07. The lowest BCUT2D eigenvalue weighted by molar-refractivity contribution is 0.549. The highest BCUT2D eigenvalue weighted by molar-refractivity contribution is 9.10. The first-order valence-corrected chi connectivity index (χ1v) is 8.01. The first-order chi connectivity index (χ1) is 9.60. The maximum absolute atomic E-state index is 6.07. The SMILES string of the molecule is CCNC(Cc1ccc(C)cc1)c1ccc(Cl)c(Br)c1. The molecule has 0 amide bonds. The van der Waals surface area contributed by atoms with E-state index < -0.39 is 0 Å². The molecule has 0 bridgehead atoms. The van der Waals surface area contributed by atoms with Gasteiger partial charge in [0, 0.05) is 10.5 Å². The van der Waals surface area contributed by atoms with Gasteiger partial charge in [-0.05, 0) is 59.1 Å². The van der Waals surface area contributed by atoms with Crippen LogP contribution in [0.3, 0.4) is 0 Å². The normalized spacial score (nSPS) is 12.4. The molecule has 3 heteroatoms. The van der Waals surface area contributed by atoms with E-state index in [1.54, 1.807) is 0 Å². The first-order valence-electron chi connectivity index (χ1n) is 6.84. The Morgan fingerprint density at radius 3 is 2.45 bits per heavy atom. The molecule has 2 aromatic rings. The highest BCUT2D eigenvalue weighted by Gasteiger charge is 2.12. The Balaban J connectivity index is 2.21. The van der Waals surface area contributed by atoms with Crippen molar-refractivity contribution in [1.29, 1.82) is 0 Å². The van der Waals surface area contributed by atoms with Crippen LogP contribution in [0, 0.1) is 6.92 Å². The van der Waals surface area contributed by atoms with Crippen molar-refractivity contribution in [1.82, 2.24) is 5.32 Å². The van der Waals surface area contributed by atoms with Crippen molar-refractivity contribution in [3.63, 3.8) is 0 Å². The topological polar surface area (TPSA) is 12.0 Å². The molecule has 1 atom stereocenters. The van der Waals surface area contributed by atoms with E-state index in [9.17, 15) is 0 Å². The van der Waals surface area contributed by atoms with Crippen LogP contribution in [0.15, 0.2) is 46.9 Å². The lowest BCUT2D eigenvalue weighted by atomic mass is 9.98. The summed E-state index contributed by atoms with van der Waals surface area (Å²) in [6, 6.07) is 15.2. The van der Waals surface area contributed by atoms with Gasteiger partial charge in [-0.1, -0.05) is 54.4 Å². The molecule has 1 unspecified atom stereocenters. The van der Waals surface area contributed by atoms with Gasteiger partial charge in [-0.15, -0.1) is 0 Å². The average Bonchev–Trinajstić information content (AvgIpc) is 2.44. The molecule has 1 N–H and O–H groups in total. The molecule has 0 aliphatic carbocycles. The highest BCUT2D eigenvalue weighted by Crippen LogP contribution is 2.27. The van der Waals surface area contributed by atoms with E-state index in [2.05, 4.69) is 71.5 Å². The summed E-state index contributed by atoms with van der Waals surface area (Å²) >= 11 is 9.57. The molecular weight excluding hydrogens is 334 g/mol. The third-order valence-electron chi connectivity index (χ3n) is 3.36. The predicted molar refractivity (Wildman–Crippen MR) is 90.5 cm³/mol. The summed E-state index contributed by atoms with van der Waals surface area (Å²) in [5.74, 6) is 0. The second-order valence-electron chi connectivity index (χ2n) is 4.97. The predicted octanol–water partition coefficient (Wildman–Crippen LogP) is 5.30. The van der Waals surface area contributed by atoms with Crippen LogP contribution in [-0.4, -0.2) is 6.54 Å². The van der Waals surface area contributed by atoms with Crippen molar-refractivity contribution < 1.29 is 0 Å². The summed E-state index contributed by atoms with van der Waals surface area (Å²) < 4.78 is 0.948. The Hall–Kier alpha value is -0.830. The van der Waals surface area contributed by atoms with Gasteiger partial charge in [0.2, 0.25) is 0 Å². The molecule has 106 valence electrons. The molecular formula is C17H19BrClN. The molecule has 0 aliphatic heterocycles. The van der Waals surface area contributed by atoms with Gasteiger partial charge in [0.15, 0.2) is 0 Å². The minimum Gasteiger partial charge on any atom is -0.310 e. The van der Waals surface area contributed by atoms with Crippen molar-refractivity contribution in [3.8, 4) is 0 Å².